The van der Waals surface area contributed by atoms with Gasteiger partial charge in [0.15, 0.2) is 6.61 Å². The minimum absolute atomic E-state index is 0.112. The minimum atomic E-state index is -0.477. The van der Waals surface area contributed by atoms with Crippen LogP contribution in [0.3, 0.4) is 0 Å². The molecule has 7 nitrogen and oxygen atoms in total. The highest BCUT2D eigenvalue weighted by Crippen LogP contribution is 2.20. The van der Waals surface area contributed by atoms with Crippen molar-refractivity contribution in [1.29, 1.82) is 0 Å². The summed E-state index contributed by atoms with van der Waals surface area (Å²) in [6, 6.07) is 15.9. The summed E-state index contributed by atoms with van der Waals surface area (Å²) in [7, 11) is 0. The number of nitrogens with zero attached hydrogens (tertiary/aromatic N) is 4. The summed E-state index contributed by atoms with van der Waals surface area (Å²) in [6.07, 6.45) is 1.72. The molecule has 0 N–H and O–H groups in total. The highest BCUT2D eigenvalue weighted by molar-refractivity contribution is 6.30. The Labute approximate surface area is 165 Å². The maximum absolute atomic E-state index is 12.2. The van der Waals surface area contributed by atoms with E-state index in [2.05, 4.69) is 15.3 Å². The Hall–Kier alpha value is -3.45. The molecule has 140 valence electrons. The average Bonchev–Trinajstić information content (AvgIpc) is 3.36. The van der Waals surface area contributed by atoms with E-state index >= 15 is 0 Å². The van der Waals surface area contributed by atoms with Crippen LogP contribution in [0, 0.1) is 6.92 Å². The van der Waals surface area contributed by atoms with Crippen LogP contribution in [0.1, 0.15) is 21.9 Å². The number of carbonyl (C=O) groups is 1. The van der Waals surface area contributed by atoms with Crippen LogP contribution in [-0.2, 0) is 11.3 Å². The van der Waals surface area contributed by atoms with Gasteiger partial charge < -0.3 is 9.15 Å². The average molecular weight is 395 g/mol. The van der Waals surface area contributed by atoms with E-state index in [-0.39, 0.29) is 12.5 Å². The number of hydrogen-bond donors (Lipinski definition) is 0. The fourth-order valence-corrected chi connectivity index (χ4v) is 2.74. The molecule has 4 aromatic rings. The Balaban J connectivity index is 1.39. The molecule has 0 fully saturated rings. The second-order valence-corrected chi connectivity index (χ2v) is 6.45. The number of esters is 1. The number of carbonyl (C=O) groups excluding carboxylic acids is 1. The lowest BCUT2D eigenvalue weighted by Crippen LogP contribution is -2.06. The van der Waals surface area contributed by atoms with Crippen LogP contribution < -0.4 is 0 Å². The van der Waals surface area contributed by atoms with Gasteiger partial charge in [-0.2, -0.15) is 5.10 Å². The van der Waals surface area contributed by atoms with Crippen molar-refractivity contribution >= 4 is 17.6 Å². The summed E-state index contributed by atoms with van der Waals surface area (Å²) in [5, 5.41) is 12.7. The van der Waals surface area contributed by atoms with Crippen molar-refractivity contribution in [2.75, 3.05) is 0 Å². The standard InChI is InChI=1S/C20H15ClN4O3/c1-13-10-11-22-25(13)17-8-4-15(5-9-17)20(26)27-12-18-23-24-19(28-18)14-2-6-16(21)7-3-14/h2-11H,12H2,1H3. The lowest BCUT2D eigenvalue weighted by atomic mass is 10.2. The summed E-state index contributed by atoms with van der Waals surface area (Å²) in [6.45, 7) is 1.84. The smallest absolute Gasteiger partial charge is 0.338 e. The van der Waals surface area contributed by atoms with Gasteiger partial charge in [-0.05, 0) is 61.5 Å². The Morgan fingerprint density at radius 2 is 1.82 bits per heavy atom. The van der Waals surface area contributed by atoms with Crippen LogP contribution in [0.4, 0.5) is 0 Å². The van der Waals surface area contributed by atoms with Gasteiger partial charge in [0.25, 0.3) is 5.89 Å². The Morgan fingerprint density at radius 3 is 2.50 bits per heavy atom. The second-order valence-electron chi connectivity index (χ2n) is 6.02. The monoisotopic (exact) mass is 394 g/mol. The van der Waals surface area contributed by atoms with Gasteiger partial charge in [0.05, 0.1) is 11.3 Å². The van der Waals surface area contributed by atoms with Crippen molar-refractivity contribution < 1.29 is 13.9 Å². The zero-order chi connectivity index (χ0) is 19.5. The predicted octanol–water partition coefficient (Wildman–Crippen LogP) is 4.24. The fraction of sp³-hybridized carbons (Fsp3) is 0.100. The maximum atomic E-state index is 12.2. The molecule has 2 aromatic carbocycles. The fourth-order valence-electron chi connectivity index (χ4n) is 2.61. The highest BCUT2D eigenvalue weighted by atomic mass is 35.5. The van der Waals surface area contributed by atoms with E-state index in [4.69, 9.17) is 20.8 Å². The number of halogens is 1. The van der Waals surface area contributed by atoms with E-state index in [1.54, 1.807) is 47.3 Å². The molecule has 0 unspecified atom stereocenters. The Morgan fingerprint density at radius 1 is 1.07 bits per heavy atom. The van der Waals surface area contributed by atoms with Crippen LogP contribution in [-0.4, -0.2) is 25.9 Å². The molecule has 2 heterocycles. The first-order chi connectivity index (χ1) is 13.6. The molecule has 0 saturated carbocycles. The van der Waals surface area contributed by atoms with Crippen LogP contribution >= 0.6 is 11.6 Å². The number of aryl methyl sites for hydroxylation is 1. The molecule has 8 heteroatoms. The SMILES string of the molecule is Cc1ccnn1-c1ccc(C(=O)OCc2nnc(-c3ccc(Cl)cc3)o2)cc1. The van der Waals surface area contributed by atoms with Crippen LogP contribution in [0.15, 0.2) is 65.2 Å². The van der Waals surface area contributed by atoms with E-state index in [0.29, 0.717) is 16.5 Å². The number of aromatic nitrogens is 4. The zero-order valence-corrected chi connectivity index (χ0v) is 15.6. The van der Waals surface area contributed by atoms with Gasteiger partial charge in [-0.1, -0.05) is 11.6 Å². The van der Waals surface area contributed by atoms with E-state index in [9.17, 15) is 4.79 Å². The molecular weight excluding hydrogens is 380 g/mol. The van der Waals surface area contributed by atoms with Gasteiger partial charge in [0.1, 0.15) is 0 Å². The number of hydrogen-bond acceptors (Lipinski definition) is 6. The summed E-state index contributed by atoms with van der Waals surface area (Å²) in [5.74, 6) is 0.0683. The first-order valence-electron chi connectivity index (χ1n) is 8.47. The van der Waals surface area contributed by atoms with Gasteiger partial charge in [0.2, 0.25) is 5.89 Å². The quantitative estimate of drug-likeness (QED) is 0.471. The van der Waals surface area contributed by atoms with E-state index in [0.717, 1.165) is 16.9 Å². The van der Waals surface area contributed by atoms with Crippen molar-refractivity contribution in [3.8, 4) is 17.1 Å². The summed E-state index contributed by atoms with van der Waals surface area (Å²) >= 11 is 5.86. The molecule has 0 aliphatic heterocycles. The first kappa shape index (κ1) is 17.9. The van der Waals surface area contributed by atoms with Gasteiger partial charge in [-0.3, -0.25) is 0 Å². The molecule has 0 amide bonds. The number of benzene rings is 2. The zero-order valence-electron chi connectivity index (χ0n) is 14.9. The first-order valence-corrected chi connectivity index (χ1v) is 8.84. The van der Waals surface area contributed by atoms with Gasteiger partial charge in [-0.25, -0.2) is 9.48 Å². The predicted molar refractivity (Wildman–Crippen MR) is 102 cm³/mol. The van der Waals surface area contributed by atoms with E-state index in [1.165, 1.54) is 0 Å². The topological polar surface area (TPSA) is 83.0 Å². The molecular formula is C20H15ClN4O3. The summed E-state index contributed by atoms with van der Waals surface area (Å²) in [5.41, 5.74) is 3.02. The lowest BCUT2D eigenvalue weighted by molar-refractivity contribution is 0.0438. The van der Waals surface area contributed by atoms with Gasteiger partial charge in [-0.15, -0.1) is 10.2 Å². The Kier molecular flexibility index (Phi) is 4.90. The van der Waals surface area contributed by atoms with Crippen LogP contribution in [0.25, 0.3) is 17.1 Å². The van der Waals surface area contributed by atoms with E-state index in [1.807, 2.05) is 25.1 Å². The minimum Gasteiger partial charge on any atom is -0.452 e. The van der Waals surface area contributed by atoms with Crippen molar-refractivity contribution in [2.24, 2.45) is 0 Å². The van der Waals surface area contributed by atoms with Crippen LogP contribution in [0.5, 0.6) is 0 Å². The molecule has 0 saturated heterocycles. The number of ether oxygens (including phenoxy) is 1. The molecule has 28 heavy (non-hydrogen) atoms. The van der Waals surface area contributed by atoms with Gasteiger partial charge in [0, 0.05) is 22.5 Å². The van der Waals surface area contributed by atoms with Crippen molar-refractivity contribution in [3.05, 3.63) is 83.0 Å². The highest BCUT2D eigenvalue weighted by Gasteiger charge is 2.13. The Bertz CT molecular complexity index is 1100. The van der Waals surface area contributed by atoms with Crippen LogP contribution in [0.2, 0.25) is 5.02 Å². The molecule has 2 aromatic heterocycles. The third-order valence-corrected chi connectivity index (χ3v) is 4.32. The molecule has 0 radical (unpaired) electrons. The molecule has 0 bridgehead atoms. The molecule has 4 rings (SSSR count). The lowest BCUT2D eigenvalue weighted by Gasteiger charge is -2.06. The summed E-state index contributed by atoms with van der Waals surface area (Å²) in [4.78, 5) is 12.2. The molecule has 0 atom stereocenters. The molecule has 0 aliphatic carbocycles. The largest absolute Gasteiger partial charge is 0.452 e. The molecule has 0 spiro atoms. The third kappa shape index (κ3) is 3.79. The van der Waals surface area contributed by atoms with Crippen molar-refractivity contribution in [3.63, 3.8) is 0 Å². The third-order valence-electron chi connectivity index (χ3n) is 4.06. The van der Waals surface area contributed by atoms with E-state index < -0.39 is 5.97 Å². The molecule has 0 aliphatic rings. The number of rotatable bonds is 5. The van der Waals surface area contributed by atoms with Crippen molar-refractivity contribution in [2.45, 2.75) is 13.5 Å². The van der Waals surface area contributed by atoms with Gasteiger partial charge >= 0.3 is 5.97 Å². The summed E-state index contributed by atoms with van der Waals surface area (Å²) < 4.78 is 12.6. The normalized spacial score (nSPS) is 10.8. The maximum Gasteiger partial charge on any atom is 0.338 e. The second kappa shape index (κ2) is 7.66. The van der Waals surface area contributed by atoms with Crippen molar-refractivity contribution in [1.82, 2.24) is 20.0 Å².